The average Bonchev–Trinajstić information content (AvgIpc) is 3.06. The molecule has 2 heterocycles. The van der Waals surface area contributed by atoms with E-state index in [-0.39, 0.29) is 22.8 Å². The van der Waals surface area contributed by atoms with Crippen molar-refractivity contribution in [2.45, 2.75) is 96.9 Å². The molecule has 1 saturated carbocycles. The molecule has 186 valence electrons. The summed E-state index contributed by atoms with van der Waals surface area (Å²) in [4.78, 5) is 13.1. The van der Waals surface area contributed by atoms with Crippen LogP contribution in [0.15, 0.2) is 18.2 Å². The fraction of sp³-hybridized carbons (Fsp3) is 0.643. The average molecular weight is 486 g/mol. The molecule has 1 aromatic carbocycles. The lowest BCUT2D eigenvalue weighted by Gasteiger charge is -2.27. The van der Waals surface area contributed by atoms with Crippen LogP contribution in [0, 0.1) is 5.92 Å². The van der Waals surface area contributed by atoms with Gasteiger partial charge in [0.25, 0.3) is 5.91 Å². The Balaban J connectivity index is 1.81. The standard InChI is InChI=1S/C28H40ClN3O2/c1-27(2,3)19-13-20(28(4,5)6)15-22(14-19)32-23(12-18-10-8-7-9-11-18)24(29)25(31-32)26(33)30-21-16-34-17-21/h13-15,18,21H,7-12,16-17H2,1-6H3,(H,30,33). The largest absolute Gasteiger partial charge is 0.377 e. The molecule has 2 aromatic rings. The molecule has 1 aromatic heterocycles. The van der Waals surface area contributed by atoms with E-state index in [2.05, 4.69) is 65.1 Å². The van der Waals surface area contributed by atoms with E-state index in [4.69, 9.17) is 21.4 Å². The van der Waals surface area contributed by atoms with Crippen LogP contribution in [0.4, 0.5) is 0 Å². The minimum Gasteiger partial charge on any atom is -0.377 e. The maximum Gasteiger partial charge on any atom is 0.273 e. The third-order valence-electron chi connectivity index (χ3n) is 7.21. The second-order valence-electron chi connectivity index (χ2n) is 12.2. The smallest absolute Gasteiger partial charge is 0.273 e. The minimum atomic E-state index is -0.218. The summed E-state index contributed by atoms with van der Waals surface area (Å²) in [7, 11) is 0. The van der Waals surface area contributed by atoms with Gasteiger partial charge in [-0.25, -0.2) is 4.68 Å². The van der Waals surface area contributed by atoms with E-state index in [1.165, 1.54) is 43.2 Å². The summed E-state index contributed by atoms with van der Waals surface area (Å²) in [6.07, 6.45) is 7.09. The molecule has 0 unspecified atom stereocenters. The van der Waals surface area contributed by atoms with Gasteiger partial charge < -0.3 is 10.1 Å². The summed E-state index contributed by atoms with van der Waals surface area (Å²) < 4.78 is 7.17. The van der Waals surface area contributed by atoms with E-state index in [0.717, 1.165) is 17.8 Å². The molecular formula is C28H40ClN3O2. The summed E-state index contributed by atoms with van der Waals surface area (Å²) in [5.74, 6) is 0.357. The molecule has 1 N–H and O–H groups in total. The van der Waals surface area contributed by atoms with Crippen LogP contribution in [0.5, 0.6) is 0 Å². The highest BCUT2D eigenvalue weighted by atomic mass is 35.5. The molecule has 1 aliphatic heterocycles. The van der Waals surface area contributed by atoms with E-state index in [0.29, 0.717) is 29.8 Å². The van der Waals surface area contributed by atoms with E-state index in [1.54, 1.807) is 0 Å². The Morgan fingerprint density at radius 2 is 1.62 bits per heavy atom. The zero-order valence-electron chi connectivity index (χ0n) is 21.6. The number of hydrogen-bond acceptors (Lipinski definition) is 3. The summed E-state index contributed by atoms with van der Waals surface area (Å²) in [5.41, 5.74) is 4.73. The summed E-state index contributed by atoms with van der Waals surface area (Å²) in [5, 5.41) is 8.34. The van der Waals surface area contributed by atoms with Crippen LogP contribution in [0.25, 0.3) is 5.69 Å². The fourth-order valence-corrected chi connectivity index (χ4v) is 5.09. The Labute approximate surface area is 209 Å². The first-order chi connectivity index (χ1) is 15.9. The third kappa shape index (κ3) is 5.52. The van der Waals surface area contributed by atoms with Gasteiger partial charge in [-0.15, -0.1) is 0 Å². The van der Waals surface area contributed by atoms with Gasteiger partial charge in [0.1, 0.15) is 0 Å². The van der Waals surface area contributed by atoms with Crippen molar-refractivity contribution in [1.29, 1.82) is 0 Å². The maximum atomic E-state index is 13.1. The number of hydrogen-bond donors (Lipinski definition) is 1. The van der Waals surface area contributed by atoms with Crippen molar-refractivity contribution < 1.29 is 9.53 Å². The van der Waals surface area contributed by atoms with Gasteiger partial charge in [0.05, 0.1) is 35.7 Å². The Hall–Kier alpha value is -1.85. The van der Waals surface area contributed by atoms with E-state index < -0.39 is 0 Å². The Bertz CT molecular complexity index is 1000. The number of halogens is 1. The number of rotatable bonds is 5. The lowest BCUT2D eigenvalue weighted by Crippen LogP contribution is -2.48. The molecule has 1 aliphatic carbocycles. The van der Waals surface area contributed by atoms with Crippen LogP contribution in [-0.4, -0.2) is 34.9 Å². The molecule has 34 heavy (non-hydrogen) atoms. The first-order valence-electron chi connectivity index (χ1n) is 12.8. The monoisotopic (exact) mass is 485 g/mol. The zero-order valence-corrected chi connectivity index (χ0v) is 22.4. The third-order valence-corrected chi connectivity index (χ3v) is 7.60. The zero-order chi connectivity index (χ0) is 24.7. The second-order valence-corrected chi connectivity index (χ2v) is 12.6. The van der Waals surface area contributed by atoms with Gasteiger partial charge in [0.2, 0.25) is 0 Å². The lowest BCUT2D eigenvalue weighted by molar-refractivity contribution is -0.00355. The summed E-state index contributed by atoms with van der Waals surface area (Å²) >= 11 is 6.92. The predicted octanol–water partition coefficient (Wildman–Crippen LogP) is 6.37. The number of nitrogens with zero attached hydrogens (tertiary/aromatic N) is 2. The SMILES string of the molecule is CC(C)(C)c1cc(-n2nc(C(=O)NC3COC3)c(Cl)c2CC2CCCCC2)cc(C(C)(C)C)c1. The van der Waals surface area contributed by atoms with Crippen molar-refractivity contribution in [3.05, 3.63) is 45.7 Å². The molecule has 2 fully saturated rings. The van der Waals surface area contributed by atoms with Crippen molar-refractivity contribution >= 4 is 17.5 Å². The summed E-state index contributed by atoms with van der Waals surface area (Å²) in [6.45, 7) is 14.5. The van der Waals surface area contributed by atoms with Crippen molar-refractivity contribution in [3.8, 4) is 5.69 Å². The number of nitrogens with one attached hydrogen (secondary N) is 1. The second kappa shape index (κ2) is 9.66. The molecule has 2 aliphatic rings. The molecular weight excluding hydrogens is 446 g/mol. The number of benzene rings is 1. The highest BCUT2D eigenvalue weighted by molar-refractivity contribution is 6.34. The Kier molecular flexibility index (Phi) is 7.17. The van der Waals surface area contributed by atoms with Gasteiger partial charge >= 0.3 is 0 Å². The lowest BCUT2D eigenvalue weighted by atomic mass is 9.80. The minimum absolute atomic E-state index is 0.0130. The van der Waals surface area contributed by atoms with E-state index in [9.17, 15) is 4.79 Å². The molecule has 0 atom stereocenters. The van der Waals surface area contributed by atoms with Crippen molar-refractivity contribution in [2.75, 3.05) is 13.2 Å². The molecule has 4 rings (SSSR count). The first kappa shape index (κ1) is 25.2. The number of ether oxygens (including phenoxy) is 1. The van der Waals surface area contributed by atoms with Crippen molar-refractivity contribution in [2.24, 2.45) is 5.92 Å². The topological polar surface area (TPSA) is 56.2 Å². The normalized spacial score (nSPS) is 18.1. The highest BCUT2D eigenvalue weighted by Gasteiger charge is 2.29. The highest BCUT2D eigenvalue weighted by Crippen LogP contribution is 2.35. The molecule has 0 bridgehead atoms. The van der Waals surface area contributed by atoms with Gasteiger partial charge in [0.15, 0.2) is 5.69 Å². The van der Waals surface area contributed by atoms with Gasteiger partial charge in [-0.3, -0.25) is 4.79 Å². The van der Waals surface area contributed by atoms with Crippen LogP contribution >= 0.6 is 11.6 Å². The Morgan fingerprint density at radius 3 is 2.12 bits per heavy atom. The van der Waals surface area contributed by atoms with Crippen molar-refractivity contribution in [3.63, 3.8) is 0 Å². The molecule has 5 nitrogen and oxygen atoms in total. The van der Waals surface area contributed by atoms with Gasteiger partial charge in [-0.1, -0.05) is 91.3 Å². The van der Waals surface area contributed by atoms with Crippen LogP contribution in [0.2, 0.25) is 5.02 Å². The van der Waals surface area contributed by atoms with E-state index >= 15 is 0 Å². The summed E-state index contributed by atoms with van der Waals surface area (Å²) in [6, 6.07) is 6.77. The Morgan fingerprint density at radius 1 is 1.03 bits per heavy atom. The van der Waals surface area contributed by atoms with Crippen molar-refractivity contribution in [1.82, 2.24) is 15.1 Å². The van der Waals surface area contributed by atoms with E-state index in [1.807, 2.05) is 4.68 Å². The van der Waals surface area contributed by atoms with Gasteiger partial charge in [-0.2, -0.15) is 5.10 Å². The number of aromatic nitrogens is 2. The number of amides is 1. The van der Waals surface area contributed by atoms with Gasteiger partial charge in [0, 0.05) is 0 Å². The number of carbonyl (C=O) groups is 1. The molecule has 1 amide bonds. The first-order valence-corrected chi connectivity index (χ1v) is 13.1. The van der Waals surface area contributed by atoms with Crippen LogP contribution in [0.1, 0.15) is 101 Å². The molecule has 0 spiro atoms. The van der Waals surface area contributed by atoms with Gasteiger partial charge in [-0.05, 0) is 46.4 Å². The molecule has 1 saturated heterocycles. The number of carbonyl (C=O) groups excluding carboxylic acids is 1. The fourth-order valence-electron chi connectivity index (χ4n) is 4.81. The quantitative estimate of drug-likeness (QED) is 0.535. The molecule has 0 radical (unpaired) electrons. The van der Waals surface area contributed by atoms with Crippen LogP contribution in [0.3, 0.4) is 0 Å². The predicted molar refractivity (Wildman–Crippen MR) is 138 cm³/mol. The van der Waals surface area contributed by atoms with Crippen LogP contribution in [-0.2, 0) is 22.0 Å². The van der Waals surface area contributed by atoms with Crippen LogP contribution < -0.4 is 5.32 Å². The molecule has 6 heteroatoms. The maximum absolute atomic E-state index is 13.1.